The molecule has 0 bridgehead atoms. The third-order valence-corrected chi connectivity index (χ3v) is 2.71. The fourth-order valence-electron chi connectivity index (χ4n) is 1.40. The molecule has 84 valence electrons. The van der Waals surface area contributed by atoms with Crippen molar-refractivity contribution < 1.29 is 9.50 Å². The van der Waals surface area contributed by atoms with Crippen LogP contribution < -0.4 is 0 Å². The van der Waals surface area contributed by atoms with Gasteiger partial charge in [0.05, 0.1) is 11.6 Å². The first-order valence-electron chi connectivity index (χ1n) is 4.95. The Morgan fingerprint density at radius 3 is 2.80 bits per heavy atom. The van der Waals surface area contributed by atoms with E-state index in [0.717, 1.165) is 12.1 Å². The van der Waals surface area contributed by atoms with E-state index in [4.69, 9.17) is 16.7 Å². The predicted molar refractivity (Wildman–Crippen MR) is 59.4 cm³/mol. The Balaban J connectivity index is 2.74. The van der Waals surface area contributed by atoms with Crippen molar-refractivity contribution in [1.29, 1.82) is 0 Å². The molecule has 0 spiro atoms. The maximum atomic E-state index is 13.1. The number of rotatable bonds is 5. The molecule has 0 heterocycles. The minimum absolute atomic E-state index is 0.0980. The van der Waals surface area contributed by atoms with Gasteiger partial charge < -0.3 is 5.11 Å². The van der Waals surface area contributed by atoms with Crippen LogP contribution in [0.3, 0.4) is 0 Å². The van der Waals surface area contributed by atoms with Gasteiger partial charge in [-0.3, -0.25) is 4.90 Å². The summed E-state index contributed by atoms with van der Waals surface area (Å²) in [4.78, 5) is 2.00. The van der Waals surface area contributed by atoms with E-state index in [2.05, 4.69) is 0 Å². The molecule has 0 fully saturated rings. The van der Waals surface area contributed by atoms with Gasteiger partial charge in [-0.15, -0.1) is 0 Å². The molecule has 2 nitrogen and oxygen atoms in total. The van der Waals surface area contributed by atoms with E-state index in [1.165, 1.54) is 6.07 Å². The Morgan fingerprint density at radius 2 is 2.20 bits per heavy atom. The molecule has 1 rings (SSSR count). The lowest BCUT2D eigenvalue weighted by Crippen LogP contribution is -2.26. The monoisotopic (exact) mass is 231 g/mol. The number of aliphatic hydroxyl groups excluding tert-OH is 1. The first-order valence-corrected chi connectivity index (χ1v) is 5.33. The van der Waals surface area contributed by atoms with Crippen molar-refractivity contribution in [2.45, 2.75) is 13.5 Å². The average Bonchev–Trinajstić information content (AvgIpc) is 2.24. The maximum absolute atomic E-state index is 13.1. The first-order chi connectivity index (χ1) is 7.19. The molecule has 0 saturated heterocycles. The fraction of sp³-hybridized carbons (Fsp3) is 0.455. The molecule has 0 aliphatic carbocycles. The maximum Gasteiger partial charge on any atom is 0.142 e. The van der Waals surface area contributed by atoms with Gasteiger partial charge >= 0.3 is 0 Å². The molecular formula is C11H15ClFNO. The first kappa shape index (κ1) is 12.4. The van der Waals surface area contributed by atoms with Gasteiger partial charge in [-0.2, -0.15) is 0 Å². The summed E-state index contributed by atoms with van der Waals surface area (Å²) in [6.45, 7) is 4.02. The summed E-state index contributed by atoms with van der Waals surface area (Å²) in [5.41, 5.74) is 0.756. The van der Waals surface area contributed by atoms with Crippen molar-refractivity contribution in [3.63, 3.8) is 0 Å². The van der Waals surface area contributed by atoms with Crippen LogP contribution in [0.1, 0.15) is 12.5 Å². The molecule has 0 aromatic heterocycles. The number of nitrogens with zero attached hydrogens (tertiary/aromatic N) is 1. The molecule has 4 heteroatoms. The molecule has 0 atom stereocenters. The smallest absolute Gasteiger partial charge is 0.142 e. The van der Waals surface area contributed by atoms with Gasteiger partial charge in [0.1, 0.15) is 5.82 Å². The third kappa shape index (κ3) is 3.45. The Morgan fingerprint density at radius 1 is 1.47 bits per heavy atom. The highest BCUT2D eigenvalue weighted by Gasteiger charge is 2.09. The van der Waals surface area contributed by atoms with Crippen LogP contribution in [0, 0.1) is 5.82 Å². The van der Waals surface area contributed by atoms with Crippen LogP contribution in [0.25, 0.3) is 0 Å². The summed E-state index contributed by atoms with van der Waals surface area (Å²) < 4.78 is 13.1. The molecule has 0 radical (unpaired) electrons. The number of likely N-dealkylation sites (N-methyl/N-ethyl adjacent to an activating group) is 1. The Hall–Kier alpha value is -0.640. The van der Waals surface area contributed by atoms with Crippen LogP contribution in [0.5, 0.6) is 0 Å². The van der Waals surface area contributed by atoms with Crippen molar-refractivity contribution in [3.05, 3.63) is 34.6 Å². The van der Waals surface area contributed by atoms with Crippen LogP contribution in [-0.2, 0) is 6.54 Å². The second-order valence-corrected chi connectivity index (χ2v) is 3.68. The molecule has 0 saturated carbocycles. The highest BCUT2D eigenvalue weighted by molar-refractivity contribution is 6.31. The second kappa shape index (κ2) is 6.05. The molecule has 1 N–H and O–H groups in total. The number of benzene rings is 1. The second-order valence-electron chi connectivity index (χ2n) is 3.31. The van der Waals surface area contributed by atoms with Crippen LogP contribution >= 0.6 is 11.6 Å². The van der Waals surface area contributed by atoms with Crippen molar-refractivity contribution in [3.8, 4) is 0 Å². The molecule has 0 aliphatic heterocycles. The number of halogens is 2. The van der Waals surface area contributed by atoms with E-state index in [-0.39, 0.29) is 11.6 Å². The van der Waals surface area contributed by atoms with E-state index in [0.29, 0.717) is 13.1 Å². The fourth-order valence-corrected chi connectivity index (χ4v) is 1.59. The molecule has 1 aromatic rings. The largest absolute Gasteiger partial charge is 0.395 e. The van der Waals surface area contributed by atoms with Gasteiger partial charge in [-0.1, -0.05) is 30.7 Å². The number of aliphatic hydroxyl groups is 1. The Bertz CT molecular complexity index is 319. The van der Waals surface area contributed by atoms with Crippen molar-refractivity contribution in [2.75, 3.05) is 19.7 Å². The highest BCUT2D eigenvalue weighted by atomic mass is 35.5. The third-order valence-electron chi connectivity index (χ3n) is 2.29. The van der Waals surface area contributed by atoms with Gasteiger partial charge in [0, 0.05) is 13.1 Å². The minimum atomic E-state index is -0.394. The standard InChI is InChI=1S/C11H15ClFNO/c1-2-14(6-7-15)8-9-4-3-5-10(13)11(9)12/h3-5,15H,2,6-8H2,1H3. The van der Waals surface area contributed by atoms with E-state index in [1.807, 2.05) is 11.8 Å². The number of hydrogen-bond donors (Lipinski definition) is 1. The lowest BCUT2D eigenvalue weighted by molar-refractivity contribution is 0.196. The summed E-state index contributed by atoms with van der Waals surface area (Å²) in [7, 11) is 0. The molecule has 0 aliphatic rings. The highest BCUT2D eigenvalue weighted by Crippen LogP contribution is 2.20. The quantitative estimate of drug-likeness (QED) is 0.841. The van der Waals surface area contributed by atoms with Gasteiger partial charge in [0.15, 0.2) is 0 Å². The molecule has 1 aromatic carbocycles. The average molecular weight is 232 g/mol. The van der Waals surface area contributed by atoms with Gasteiger partial charge in [0.2, 0.25) is 0 Å². The zero-order valence-corrected chi connectivity index (χ0v) is 9.47. The summed E-state index contributed by atoms with van der Waals surface area (Å²) >= 11 is 5.83. The van der Waals surface area contributed by atoms with E-state index in [9.17, 15) is 4.39 Å². The van der Waals surface area contributed by atoms with Crippen LogP contribution in [0.4, 0.5) is 4.39 Å². The lowest BCUT2D eigenvalue weighted by atomic mass is 10.2. The van der Waals surface area contributed by atoms with Crippen LogP contribution in [0.15, 0.2) is 18.2 Å². The SMILES string of the molecule is CCN(CCO)Cc1cccc(F)c1Cl. The predicted octanol–water partition coefficient (Wildman–Crippen LogP) is 2.29. The minimum Gasteiger partial charge on any atom is -0.395 e. The summed E-state index contributed by atoms with van der Waals surface area (Å²) in [5, 5.41) is 9.00. The van der Waals surface area contributed by atoms with Crippen molar-refractivity contribution >= 4 is 11.6 Å². The van der Waals surface area contributed by atoms with E-state index in [1.54, 1.807) is 12.1 Å². The summed E-state index contributed by atoms with van der Waals surface area (Å²) in [6, 6.07) is 4.78. The van der Waals surface area contributed by atoms with Gasteiger partial charge in [-0.05, 0) is 18.2 Å². The molecular weight excluding hydrogens is 217 g/mol. The number of hydrogen-bond acceptors (Lipinski definition) is 2. The lowest BCUT2D eigenvalue weighted by Gasteiger charge is -2.19. The topological polar surface area (TPSA) is 23.5 Å². The Kier molecular flexibility index (Phi) is 5.02. The Labute approximate surface area is 94.3 Å². The van der Waals surface area contributed by atoms with E-state index >= 15 is 0 Å². The van der Waals surface area contributed by atoms with Gasteiger partial charge in [-0.25, -0.2) is 4.39 Å². The normalized spacial score (nSPS) is 11.0. The van der Waals surface area contributed by atoms with Crippen LogP contribution in [-0.4, -0.2) is 29.7 Å². The zero-order chi connectivity index (χ0) is 11.3. The molecule has 0 amide bonds. The van der Waals surface area contributed by atoms with Crippen molar-refractivity contribution in [2.24, 2.45) is 0 Å². The van der Waals surface area contributed by atoms with Gasteiger partial charge in [0.25, 0.3) is 0 Å². The summed E-state index contributed by atoms with van der Waals surface area (Å²) in [6.07, 6.45) is 0. The summed E-state index contributed by atoms with van der Waals surface area (Å²) in [5.74, 6) is -0.394. The van der Waals surface area contributed by atoms with Crippen molar-refractivity contribution in [1.82, 2.24) is 4.90 Å². The van der Waals surface area contributed by atoms with E-state index < -0.39 is 5.82 Å². The molecule has 15 heavy (non-hydrogen) atoms. The molecule has 0 unspecified atom stereocenters. The van der Waals surface area contributed by atoms with Crippen LogP contribution in [0.2, 0.25) is 5.02 Å². The zero-order valence-electron chi connectivity index (χ0n) is 8.71.